The predicted octanol–water partition coefficient (Wildman–Crippen LogP) is 3.49. The van der Waals surface area contributed by atoms with Crippen LogP contribution < -0.4 is 10.2 Å². The Hall–Kier alpha value is -2.63. The van der Waals surface area contributed by atoms with Gasteiger partial charge in [-0.15, -0.1) is 0 Å². The zero-order valence-electron chi connectivity index (χ0n) is 16.6. The Morgan fingerprint density at radius 1 is 1.04 bits per heavy atom. The SMILES string of the molecule is Cc1cccc(N2CCN(C(=O)c3cnc(NC4CCCCC4)nc3)CC2)c1. The summed E-state index contributed by atoms with van der Waals surface area (Å²) in [6, 6.07) is 8.99. The topological polar surface area (TPSA) is 61.4 Å². The van der Waals surface area contributed by atoms with Crippen molar-refractivity contribution in [2.45, 2.75) is 45.1 Å². The first-order valence-corrected chi connectivity index (χ1v) is 10.4. The number of carbonyl (C=O) groups excluding carboxylic acids is 1. The Labute approximate surface area is 167 Å². The highest BCUT2D eigenvalue weighted by Crippen LogP contribution is 2.21. The van der Waals surface area contributed by atoms with Crippen LogP contribution in [-0.4, -0.2) is 53.0 Å². The van der Waals surface area contributed by atoms with Crippen molar-refractivity contribution in [2.75, 3.05) is 36.4 Å². The van der Waals surface area contributed by atoms with Crippen molar-refractivity contribution in [3.8, 4) is 0 Å². The number of nitrogens with one attached hydrogen (secondary N) is 1. The number of piperazine rings is 1. The van der Waals surface area contributed by atoms with Crippen LogP contribution in [0.3, 0.4) is 0 Å². The maximum Gasteiger partial charge on any atom is 0.257 e. The quantitative estimate of drug-likeness (QED) is 0.881. The van der Waals surface area contributed by atoms with Crippen molar-refractivity contribution in [3.05, 3.63) is 47.8 Å². The minimum absolute atomic E-state index is 0.0214. The fraction of sp³-hybridized carbons (Fsp3) is 0.500. The third-order valence-corrected chi connectivity index (χ3v) is 5.77. The van der Waals surface area contributed by atoms with Crippen LogP contribution in [0, 0.1) is 6.92 Å². The van der Waals surface area contributed by atoms with Crippen LogP contribution in [0.15, 0.2) is 36.7 Å². The van der Waals surface area contributed by atoms with Crippen LogP contribution in [0.4, 0.5) is 11.6 Å². The van der Waals surface area contributed by atoms with Crippen molar-refractivity contribution >= 4 is 17.5 Å². The number of carbonyl (C=O) groups is 1. The van der Waals surface area contributed by atoms with Crippen molar-refractivity contribution in [1.29, 1.82) is 0 Å². The molecular formula is C22H29N5O. The molecule has 1 aliphatic carbocycles. The van der Waals surface area contributed by atoms with Crippen LogP contribution in [0.5, 0.6) is 0 Å². The predicted molar refractivity (Wildman–Crippen MR) is 112 cm³/mol. The number of aryl methyl sites for hydroxylation is 1. The van der Waals surface area contributed by atoms with Crippen molar-refractivity contribution in [2.24, 2.45) is 0 Å². The molecule has 0 unspecified atom stereocenters. The molecule has 28 heavy (non-hydrogen) atoms. The molecule has 2 aromatic rings. The smallest absolute Gasteiger partial charge is 0.257 e. The molecule has 1 amide bonds. The molecule has 1 saturated carbocycles. The van der Waals surface area contributed by atoms with Gasteiger partial charge in [0.05, 0.1) is 5.56 Å². The zero-order chi connectivity index (χ0) is 19.3. The summed E-state index contributed by atoms with van der Waals surface area (Å²) in [5, 5.41) is 3.40. The molecule has 2 fully saturated rings. The lowest BCUT2D eigenvalue weighted by Gasteiger charge is -2.36. The summed E-state index contributed by atoms with van der Waals surface area (Å²) in [6.07, 6.45) is 9.53. The van der Waals surface area contributed by atoms with E-state index in [2.05, 4.69) is 51.4 Å². The van der Waals surface area contributed by atoms with Gasteiger partial charge in [-0.1, -0.05) is 31.4 Å². The van der Waals surface area contributed by atoms with E-state index in [1.54, 1.807) is 12.4 Å². The maximum atomic E-state index is 12.8. The molecule has 1 aromatic carbocycles. The average Bonchev–Trinajstić information content (AvgIpc) is 2.75. The summed E-state index contributed by atoms with van der Waals surface area (Å²) in [6.45, 7) is 5.23. The molecule has 6 nitrogen and oxygen atoms in total. The van der Waals surface area contributed by atoms with Crippen LogP contribution in [-0.2, 0) is 0 Å². The summed E-state index contributed by atoms with van der Waals surface area (Å²) in [4.78, 5) is 25.8. The van der Waals surface area contributed by atoms with Crippen LogP contribution >= 0.6 is 0 Å². The fourth-order valence-corrected chi connectivity index (χ4v) is 4.12. The molecule has 0 radical (unpaired) electrons. The van der Waals surface area contributed by atoms with E-state index >= 15 is 0 Å². The molecule has 4 rings (SSSR count). The lowest BCUT2D eigenvalue weighted by atomic mass is 9.96. The van der Waals surface area contributed by atoms with Gasteiger partial charge in [-0.2, -0.15) is 0 Å². The molecule has 0 spiro atoms. The molecule has 1 aliphatic heterocycles. The highest BCUT2D eigenvalue weighted by molar-refractivity contribution is 5.93. The van der Waals surface area contributed by atoms with E-state index in [4.69, 9.17) is 0 Å². The molecular weight excluding hydrogens is 350 g/mol. The second-order valence-corrected chi connectivity index (χ2v) is 7.89. The summed E-state index contributed by atoms with van der Waals surface area (Å²) < 4.78 is 0. The average molecular weight is 380 g/mol. The number of benzene rings is 1. The van der Waals surface area contributed by atoms with E-state index in [1.807, 2.05) is 4.90 Å². The number of rotatable bonds is 4. The Balaban J connectivity index is 1.32. The van der Waals surface area contributed by atoms with Gasteiger partial charge in [0.1, 0.15) is 0 Å². The van der Waals surface area contributed by atoms with Gasteiger partial charge in [0.2, 0.25) is 5.95 Å². The van der Waals surface area contributed by atoms with Crippen LogP contribution in [0.2, 0.25) is 0 Å². The summed E-state index contributed by atoms with van der Waals surface area (Å²) >= 11 is 0. The Bertz CT molecular complexity index is 793. The lowest BCUT2D eigenvalue weighted by molar-refractivity contribution is 0.0746. The molecule has 1 N–H and O–H groups in total. The molecule has 0 atom stereocenters. The number of aromatic nitrogens is 2. The van der Waals surface area contributed by atoms with E-state index in [9.17, 15) is 4.79 Å². The van der Waals surface area contributed by atoms with E-state index in [0.29, 0.717) is 17.6 Å². The number of hydrogen-bond acceptors (Lipinski definition) is 5. The molecule has 0 bridgehead atoms. The first-order chi connectivity index (χ1) is 13.7. The third kappa shape index (κ3) is 4.43. The normalized spacial score (nSPS) is 18.2. The van der Waals surface area contributed by atoms with Crippen molar-refractivity contribution < 1.29 is 4.79 Å². The minimum Gasteiger partial charge on any atom is -0.368 e. The van der Waals surface area contributed by atoms with E-state index in [0.717, 1.165) is 26.2 Å². The Morgan fingerprint density at radius 3 is 2.43 bits per heavy atom. The molecule has 1 aromatic heterocycles. The lowest BCUT2D eigenvalue weighted by Crippen LogP contribution is -2.48. The summed E-state index contributed by atoms with van der Waals surface area (Å²) in [7, 11) is 0. The Kier molecular flexibility index (Phi) is 5.74. The molecule has 148 valence electrons. The monoisotopic (exact) mass is 379 g/mol. The molecule has 6 heteroatoms. The van der Waals surface area contributed by atoms with E-state index in [-0.39, 0.29) is 5.91 Å². The summed E-state index contributed by atoms with van der Waals surface area (Å²) in [5.41, 5.74) is 3.06. The van der Waals surface area contributed by atoms with Gasteiger partial charge in [0, 0.05) is 50.3 Å². The summed E-state index contributed by atoms with van der Waals surface area (Å²) in [5.74, 6) is 0.654. The van der Waals surface area contributed by atoms with E-state index in [1.165, 1.54) is 43.4 Å². The highest BCUT2D eigenvalue weighted by Gasteiger charge is 2.23. The van der Waals surface area contributed by atoms with Gasteiger partial charge in [0.25, 0.3) is 5.91 Å². The van der Waals surface area contributed by atoms with E-state index < -0.39 is 0 Å². The highest BCUT2D eigenvalue weighted by atomic mass is 16.2. The first kappa shape index (κ1) is 18.7. The van der Waals surface area contributed by atoms with Crippen molar-refractivity contribution in [1.82, 2.24) is 14.9 Å². The number of nitrogens with zero attached hydrogens (tertiary/aromatic N) is 4. The number of anilines is 2. The fourth-order valence-electron chi connectivity index (χ4n) is 4.12. The Morgan fingerprint density at radius 2 is 1.75 bits per heavy atom. The van der Waals surface area contributed by atoms with Gasteiger partial charge in [-0.05, 0) is 37.5 Å². The van der Waals surface area contributed by atoms with Crippen molar-refractivity contribution in [3.63, 3.8) is 0 Å². The van der Waals surface area contributed by atoms with Crippen LogP contribution in [0.1, 0.15) is 48.0 Å². The van der Waals surface area contributed by atoms with Crippen LogP contribution in [0.25, 0.3) is 0 Å². The zero-order valence-corrected chi connectivity index (χ0v) is 16.6. The maximum absolute atomic E-state index is 12.8. The molecule has 1 saturated heterocycles. The first-order valence-electron chi connectivity index (χ1n) is 10.4. The number of hydrogen-bond donors (Lipinski definition) is 1. The second kappa shape index (κ2) is 8.59. The van der Waals surface area contributed by atoms with Gasteiger partial charge in [-0.25, -0.2) is 9.97 Å². The van der Waals surface area contributed by atoms with Gasteiger partial charge in [0.15, 0.2) is 0 Å². The van der Waals surface area contributed by atoms with Gasteiger partial charge in [-0.3, -0.25) is 4.79 Å². The number of amides is 1. The molecule has 2 heterocycles. The standard InChI is InChI=1S/C22H29N5O/c1-17-6-5-9-20(14-17)26-10-12-27(13-11-26)21(28)18-15-23-22(24-16-18)25-19-7-3-2-4-8-19/h5-6,9,14-16,19H,2-4,7-8,10-13H2,1H3,(H,23,24,25). The second-order valence-electron chi connectivity index (χ2n) is 7.89. The van der Waals surface area contributed by atoms with Gasteiger partial charge >= 0.3 is 0 Å². The largest absolute Gasteiger partial charge is 0.368 e. The third-order valence-electron chi connectivity index (χ3n) is 5.77. The minimum atomic E-state index is 0.0214. The van der Waals surface area contributed by atoms with Gasteiger partial charge < -0.3 is 15.1 Å². The molecule has 2 aliphatic rings.